The monoisotopic (exact) mass is 719 g/mol. The molecule has 0 spiro atoms. The Morgan fingerprint density at radius 2 is 1.44 bits per heavy atom. The van der Waals surface area contributed by atoms with Gasteiger partial charge in [0.15, 0.2) is 23.0 Å². The van der Waals surface area contributed by atoms with Crippen LogP contribution >= 0.6 is 23.2 Å². The molecule has 3 aliphatic rings. The molecule has 7 rings (SSSR count). The summed E-state index contributed by atoms with van der Waals surface area (Å²) in [6, 6.07) is 17.4. The van der Waals surface area contributed by atoms with Crippen LogP contribution < -0.4 is 39.6 Å². The van der Waals surface area contributed by atoms with Crippen LogP contribution in [0.3, 0.4) is 0 Å². The number of fused-ring (bicyclic) bond motifs is 3. The van der Waals surface area contributed by atoms with E-state index in [-0.39, 0.29) is 31.0 Å². The molecule has 0 unspecified atom stereocenters. The predicted octanol–water partition coefficient (Wildman–Crippen LogP) is 6.80. The summed E-state index contributed by atoms with van der Waals surface area (Å²) in [5, 5.41) is 9.07. The van der Waals surface area contributed by atoms with E-state index in [2.05, 4.69) is 16.0 Å². The van der Waals surface area contributed by atoms with Gasteiger partial charge in [0.2, 0.25) is 12.5 Å². The third kappa shape index (κ3) is 5.94. The number of hydrogen-bond donors (Lipinski definition) is 3. The summed E-state index contributed by atoms with van der Waals surface area (Å²) in [6.07, 6.45) is 0. The van der Waals surface area contributed by atoms with Gasteiger partial charge in [0, 0.05) is 23.1 Å². The van der Waals surface area contributed by atoms with Gasteiger partial charge in [-0.1, -0.05) is 29.3 Å². The summed E-state index contributed by atoms with van der Waals surface area (Å²) < 4.78 is 34.0. The van der Waals surface area contributed by atoms with Crippen molar-refractivity contribution in [2.75, 3.05) is 45.4 Å². The maximum absolute atomic E-state index is 13.8. The Morgan fingerprint density at radius 3 is 2.06 bits per heavy atom. The highest BCUT2D eigenvalue weighted by atomic mass is 35.5. The number of benzene rings is 4. The maximum atomic E-state index is 13.8. The quantitative estimate of drug-likeness (QED) is 0.168. The van der Waals surface area contributed by atoms with Crippen LogP contribution in [0.4, 0.5) is 16.2 Å². The first-order chi connectivity index (χ1) is 24.2. The number of para-hydroxylation sites is 1. The molecule has 0 bridgehead atoms. The highest BCUT2D eigenvalue weighted by Gasteiger charge is 2.53. The van der Waals surface area contributed by atoms with Gasteiger partial charge in [-0.15, -0.1) is 0 Å². The number of hydrogen-bond acceptors (Lipinski definition) is 9. The number of amides is 3. The molecule has 3 N–H and O–H groups in total. The van der Waals surface area contributed by atoms with Crippen molar-refractivity contribution in [3.05, 3.63) is 99.0 Å². The van der Waals surface area contributed by atoms with Crippen molar-refractivity contribution in [2.45, 2.75) is 12.0 Å². The van der Waals surface area contributed by atoms with Gasteiger partial charge in [-0.3, -0.25) is 9.59 Å². The smallest absolute Gasteiger partial charge is 0.323 e. The molecule has 1 fully saturated rings. The fraction of sp³-hybridized carbons (Fsp3) is 0.250. The van der Waals surface area contributed by atoms with Crippen molar-refractivity contribution >= 4 is 52.5 Å². The summed E-state index contributed by atoms with van der Waals surface area (Å²) in [5.41, 5.74) is 3.30. The molecule has 258 valence electrons. The molecule has 4 aromatic rings. The van der Waals surface area contributed by atoms with Crippen LogP contribution in [-0.4, -0.2) is 52.6 Å². The van der Waals surface area contributed by atoms with E-state index < -0.39 is 29.8 Å². The lowest BCUT2D eigenvalue weighted by Crippen LogP contribution is -2.42. The summed E-state index contributed by atoms with van der Waals surface area (Å²) in [5.74, 6) is -0.0120. The molecule has 0 aromatic heterocycles. The van der Waals surface area contributed by atoms with E-state index in [0.717, 1.165) is 16.7 Å². The van der Waals surface area contributed by atoms with Gasteiger partial charge in [0.1, 0.15) is 0 Å². The van der Waals surface area contributed by atoms with E-state index in [9.17, 15) is 14.4 Å². The van der Waals surface area contributed by atoms with Crippen molar-refractivity contribution in [1.29, 1.82) is 0 Å². The summed E-state index contributed by atoms with van der Waals surface area (Å²) in [7, 11) is 4.58. The number of rotatable bonds is 8. The zero-order valence-corrected chi connectivity index (χ0v) is 28.5. The van der Waals surface area contributed by atoms with Crippen molar-refractivity contribution in [1.82, 2.24) is 5.32 Å². The first-order valence-electron chi connectivity index (χ1n) is 15.5. The van der Waals surface area contributed by atoms with Gasteiger partial charge in [-0.05, 0) is 77.4 Å². The molecule has 50 heavy (non-hydrogen) atoms. The first kappa shape index (κ1) is 33.2. The minimum Gasteiger partial charge on any atom is -0.493 e. The Hall–Kier alpha value is -5.33. The molecule has 1 aliphatic carbocycles. The largest absolute Gasteiger partial charge is 0.493 e. The Kier molecular flexibility index (Phi) is 8.98. The topological polar surface area (TPSA) is 143 Å². The fourth-order valence-corrected chi connectivity index (χ4v) is 7.34. The van der Waals surface area contributed by atoms with Crippen molar-refractivity contribution < 1.29 is 42.8 Å². The van der Waals surface area contributed by atoms with Crippen molar-refractivity contribution in [2.24, 2.45) is 11.8 Å². The molecule has 0 saturated carbocycles. The number of halogens is 2. The van der Waals surface area contributed by atoms with Crippen LogP contribution in [0.5, 0.6) is 28.7 Å². The molecule has 0 radical (unpaired) electrons. The Bertz CT molecular complexity index is 1960. The lowest BCUT2D eigenvalue weighted by atomic mass is 9.65. The minimum atomic E-state index is -0.660. The molecule has 3 amide bonds. The van der Waals surface area contributed by atoms with E-state index in [1.165, 1.54) is 21.3 Å². The average molecular weight is 721 g/mol. The molecule has 2 heterocycles. The number of anilines is 2. The van der Waals surface area contributed by atoms with Gasteiger partial charge in [0.05, 0.1) is 55.6 Å². The highest BCUT2D eigenvalue weighted by Crippen LogP contribution is 2.55. The normalized spacial score (nSPS) is 19.8. The number of urea groups is 1. The maximum Gasteiger partial charge on any atom is 0.323 e. The second-order valence-electron chi connectivity index (χ2n) is 11.8. The molecule has 4 atom stereocenters. The Balaban J connectivity index is 1.19. The number of carbonyl (C=O) groups excluding carboxylic acids is 3. The van der Waals surface area contributed by atoms with Gasteiger partial charge < -0.3 is 44.4 Å². The molecule has 12 nitrogen and oxygen atoms in total. The number of cyclic esters (lactones) is 1. The first-order valence-corrected chi connectivity index (χ1v) is 16.3. The standard InChI is InChI=1S/C36H31Cl2N3O9/c1-45-27-11-18(12-28(46-2)33(27)47-3)29-20-13-25-26(50-16-49-25)14-21(20)31(22-15-48-35(43)30(22)29)40-34(42)17-7-9-19(10-8-17)39-36(44)41-32-23(37)5-4-6-24(32)38/h4-14,22,29-31H,15-16H2,1-3H3,(H,40,42)(H2,39,41,44)/t22-,29+,30-,31+/m0/s1. The molecular formula is C36H31Cl2N3O9. The van der Waals surface area contributed by atoms with E-state index in [1.54, 1.807) is 42.5 Å². The van der Waals surface area contributed by atoms with Crippen LogP contribution in [0, 0.1) is 11.8 Å². The Labute approximate surface area is 296 Å². The summed E-state index contributed by atoms with van der Waals surface area (Å²) >= 11 is 12.3. The second-order valence-corrected chi connectivity index (χ2v) is 12.6. The van der Waals surface area contributed by atoms with E-state index >= 15 is 0 Å². The van der Waals surface area contributed by atoms with E-state index in [1.807, 2.05) is 24.3 Å². The SMILES string of the molecule is COc1cc([C@@H]2c3cc4c(cc3[C@@H](NC(=O)c3ccc(NC(=O)Nc5c(Cl)cccc5Cl)cc3)[C@H]3COC(=O)[C@H]23)OCO4)cc(OC)c1OC. The number of esters is 1. The van der Waals surface area contributed by atoms with Crippen LogP contribution in [0.25, 0.3) is 0 Å². The van der Waals surface area contributed by atoms with Crippen LogP contribution in [-0.2, 0) is 9.53 Å². The van der Waals surface area contributed by atoms with Gasteiger partial charge in [-0.25, -0.2) is 4.79 Å². The second kappa shape index (κ2) is 13.5. The molecule has 2 aliphatic heterocycles. The molecular weight excluding hydrogens is 689 g/mol. The molecule has 14 heteroatoms. The van der Waals surface area contributed by atoms with Crippen LogP contribution in [0.15, 0.2) is 66.7 Å². The summed E-state index contributed by atoms with van der Waals surface area (Å²) in [4.78, 5) is 39.9. The summed E-state index contributed by atoms with van der Waals surface area (Å²) in [6.45, 7) is 0.138. The van der Waals surface area contributed by atoms with E-state index in [4.69, 9.17) is 51.6 Å². The predicted molar refractivity (Wildman–Crippen MR) is 184 cm³/mol. The van der Waals surface area contributed by atoms with Crippen LogP contribution in [0.1, 0.15) is 39.0 Å². The van der Waals surface area contributed by atoms with Crippen molar-refractivity contribution in [3.8, 4) is 28.7 Å². The lowest BCUT2D eigenvalue weighted by Gasteiger charge is -2.39. The minimum absolute atomic E-state index is 0.0445. The zero-order chi connectivity index (χ0) is 35.1. The highest BCUT2D eigenvalue weighted by molar-refractivity contribution is 6.39. The van der Waals surface area contributed by atoms with Gasteiger partial charge >= 0.3 is 12.0 Å². The van der Waals surface area contributed by atoms with E-state index in [0.29, 0.717) is 50.0 Å². The van der Waals surface area contributed by atoms with Crippen LogP contribution in [0.2, 0.25) is 10.0 Å². The lowest BCUT2D eigenvalue weighted by molar-refractivity contribution is -0.141. The zero-order valence-electron chi connectivity index (χ0n) is 27.0. The molecule has 1 saturated heterocycles. The Morgan fingerprint density at radius 1 is 0.800 bits per heavy atom. The van der Waals surface area contributed by atoms with Crippen molar-refractivity contribution in [3.63, 3.8) is 0 Å². The third-order valence-electron chi connectivity index (χ3n) is 9.13. The number of methoxy groups -OCH3 is 3. The number of nitrogens with one attached hydrogen (secondary N) is 3. The van der Waals surface area contributed by atoms with Gasteiger partial charge in [0.25, 0.3) is 5.91 Å². The third-order valence-corrected chi connectivity index (χ3v) is 9.76. The average Bonchev–Trinajstić information content (AvgIpc) is 3.74. The fourth-order valence-electron chi connectivity index (χ4n) is 6.85. The van der Waals surface area contributed by atoms with Gasteiger partial charge in [-0.2, -0.15) is 0 Å². The molecule has 4 aromatic carbocycles. The number of ether oxygens (including phenoxy) is 6. The number of carbonyl (C=O) groups is 3.